The van der Waals surface area contributed by atoms with Crippen molar-refractivity contribution in [3.8, 4) is 5.75 Å². The zero-order chi connectivity index (χ0) is 41.6. The highest BCUT2D eigenvalue weighted by atomic mass is 35.5. The smallest absolute Gasteiger partial charge is 0.408 e. The zero-order valence-electron chi connectivity index (χ0n) is 32.1. The van der Waals surface area contributed by atoms with Crippen LogP contribution in [0.2, 0.25) is 5.02 Å². The average Bonchev–Trinajstić information content (AvgIpc) is 3.97. The molecule has 3 aliphatic rings. The van der Waals surface area contributed by atoms with Gasteiger partial charge in [0.15, 0.2) is 0 Å². The van der Waals surface area contributed by atoms with Crippen molar-refractivity contribution in [1.82, 2.24) is 25.2 Å². The van der Waals surface area contributed by atoms with Crippen molar-refractivity contribution in [2.75, 3.05) is 18.4 Å². The van der Waals surface area contributed by atoms with Gasteiger partial charge in [0, 0.05) is 17.9 Å². The summed E-state index contributed by atoms with van der Waals surface area (Å²) in [6.45, 7) is 10.2. The number of para-hydroxylation sites is 1. The molecule has 3 fully saturated rings. The van der Waals surface area contributed by atoms with Crippen molar-refractivity contribution in [3.63, 3.8) is 0 Å². The highest BCUT2D eigenvalue weighted by molar-refractivity contribution is 7.85. The van der Waals surface area contributed by atoms with Crippen LogP contribution < -0.4 is 25.4 Å². The SMILES string of the molecule is CCC1C[C@]1(NC(=O)[C@@H]1C[C@@H](Oc2cc(NCC(F)(F)F)nc3c(Cl)cccc23)CN1C(=O)[C@@H](NC(=O)OC(C)(C)C)C(C)(C)C)C(=O)NS(=O)(=O)OC1CC1. The van der Waals surface area contributed by atoms with Crippen molar-refractivity contribution >= 4 is 62.4 Å². The summed E-state index contributed by atoms with van der Waals surface area (Å²) in [5.74, 6) is -3.04. The Morgan fingerprint density at radius 1 is 1.07 bits per heavy atom. The summed E-state index contributed by atoms with van der Waals surface area (Å²) in [5.41, 5.74) is -3.32. The number of rotatable bonds is 13. The number of amides is 4. The van der Waals surface area contributed by atoms with Gasteiger partial charge in [0.1, 0.15) is 47.4 Å². The number of halogens is 4. The monoisotopic (exact) mass is 832 g/mol. The highest BCUT2D eigenvalue weighted by Gasteiger charge is 2.62. The van der Waals surface area contributed by atoms with E-state index in [0.717, 1.165) is 0 Å². The minimum atomic E-state index is -4.57. The third-order valence-corrected chi connectivity index (χ3v) is 10.8. The van der Waals surface area contributed by atoms with Crippen LogP contribution in [0.15, 0.2) is 24.3 Å². The van der Waals surface area contributed by atoms with Gasteiger partial charge in [-0.1, -0.05) is 51.8 Å². The minimum absolute atomic E-state index is 0.0600. The molecular formula is C36H48ClF3N6O9S. The van der Waals surface area contributed by atoms with Gasteiger partial charge in [-0.25, -0.2) is 14.5 Å². The fourth-order valence-electron chi connectivity index (χ4n) is 6.54. The second-order valence-electron chi connectivity index (χ2n) is 16.5. The van der Waals surface area contributed by atoms with E-state index in [4.69, 9.17) is 25.3 Å². The maximum absolute atomic E-state index is 14.5. The Balaban J connectivity index is 1.47. The number of carbonyl (C=O) groups is 4. The number of alkyl halides is 3. The average molecular weight is 833 g/mol. The van der Waals surface area contributed by atoms with E-state index >= 15 is 0 Å². The molecule has 1 saturated heterocycles. The largest absolute Gasteiger partial charge is 0.488 e. The topological polar surface area (TPSA) is 194 Å². The van der Waals surface area contributed by atoms with E-state index in [2.05, 4.69) is 20.9 Å². The molecule has 5 atom stereocenters. The molecule has 15 nitrogen and oxygen atoms in total. The highest BCUT2D eigenvalue weighted by Crippen LogP contribution is 2.47. The lowest BCUT2D eigenvalue weighted by Crippen LogP contribution is -2.60. The first-order valence-electron chi connectivity index (χ1n) is 18.2. The quantitative estimate of drug-likeness (QED) is 0.213. The second kappa shape index (κ2) is 15.7. The summed E-state index contributed by atoms with van der Waals surface area (Å²) in [6.07, 6.45) is -5.55. The van der Waals surface area contributed by atoms with Gasteiger partial charge in [-0.05, 0) is 63.5 Å². The third-order valence-electron chi connectivity index (χ3n) is 9.49. The minimum Gasteiger partial charge on any atom is -0.488 e. The number of ether oxygens (including phenoxy) is 2. The van der Waals surface area contributed by atoms with E-state index in [9.17, 15) is 40.8 Å². The first-order valence-corrected chi connectivity index (χ1v) is 20.0. The number of fused-ring (bicyclic) bond motifs is 1. The number of anilines is 1. The van der Waals surface area contributed by atoms with Crippen molar-refractivity contribution in [3.05, 3.63) is 29.3 Å². The molecule has 2 heterocycles. The van der Waals surface area contributed by atoms with Gasteiger partial charge in [-0.3, -0.25) is 18.6 Å². The lowest BCUT2D eigenvalue weighted by atomic mass is 9.85. The number of hydrogen-bond acceptors (Lipinski definition) is 11. The van der Waals surface area contributed by atoms with Crippen molar-refractivity contribution in [2.45, 2.75) is 122 Å². The molecule has 20 heteroatoms. The predicted octanol–water partition coefficient (Wildman–Crippen LogP) is 4.98. The summed E-state index contributed by atoms with van der Waals surface area (Å²) in [6, 6.07) is 3.40. The Hall–Kier alpha value is -4.10. The third kappa shape index (κ3) is 10.6. The van der Waals surface area contributed by atoms with Crippen LogP contribution in [-0.4, -0.2) is 96.8 Å². The van der Waals surface area contributed by atoms with Crippen molar-refractivity contribution in [2.24, 2.45) is 11.3 Å². The number of aromatic nitrogens is 1. The second-order valence-corrected chi connectivity index (χ2v) is 18.2. The summed E-state index contributed by atoms with van der Waals surface area (Å²) < 4.78 is 83.3. The van der Waals surface area contributed by atoms with Crippen LogP contribution in [0.25, 0.3) is 10.9 Å². The molecule has 4 amide bonds. The van der Waals surface area contributed by atoms with E-state index in [1.165, 1.54) is 17.0 Å². The van der Waals surface area contributed by atoms with Gasteiger partial charge in [-0.15, -0.1) is 0 Å². The van der Waals surface area contributed by atoms with E-state index in [1.807, 2.05) is 4.72 Å². The Kier molecular flexibility index (Phi) is 12.1. The standard InChI is InChI=1S/C36H48ClF3N6O9S/c1-8-19-16-35(19,31(49)45-56(51,52)55-20-12-13-20)44-29(47)24-14-21(17-46(24)30(48)28(33(2,3)4)43-32(50)54-34(5,6)7)53-25-15-26(41-18-36(38,39)40)42-27-22(25)10-9-11-23(27)37/h9-11,15,19-21,24,28H,8,12-14,16-18H2,1-7H3,(H,41,42)(H,43,50)(H,44,47)(H,45,49)/t19?,21-,24+,28-,35-/m1/s1. The molecule has 0 spiro atoms. The normalized spacial score (nSPS) is 23.3. The molecule has 2 aliphatic carbocycles. The molecule has 310 valence electrons. The predicted molar refractivity (Wildman–Crippen MR) is 199 cm³/mol. The van der Waals surface area contributed by atoms with E-state index < -0.39 is 93.6 Å². The van der Waals surface area contributed by atoms with Gasteiger partial charge in [0.05, 0.1) is 23.2 Å². The lowest BCUT2D eigenvalue weighted by molar-refractivity contribution is -0.143. The summed E-state index contributed by atoms with van der Waals surface area (Å²) in [7, 11) is -4.47. The number of alkyl carbamates (subject to hydrolysis) is 1. The summed E-state index contributed by atoms with van der Waals surface area (Å²) in [4.78, 5) is 60.8. The van der Waals surface area contributed by atoms with Crippen LogP contribution in [0, 0.1) is 11.3 Å². The molecule has 56 heavy (non-hydrogen) atoms. The molecule has 2 aromatic rings. The summed E-state index contributed by atoms with van der Waals surface area (Å²) >= 11 is 6.38. The Morgan fingerprint density at radius 3 is 2.32 bits per heavy atom. The molecule has 5 rings (SSSR count). The van der Waals surface area contributed by atoms with Gasteiger partial charge in [-0.2, -0.15) is 21.6 Å². The fraction of sp³-hybridized carbons (Fsp3) is 0.639. The van der Waals surface area contributed by atoms with Crippen molar-refractivity contribution in [1.29, 1.82) is 0 Å². The molecule has 1 aromatic carbocycles. The van der Waals surface area contributed by atoms with Gasteiger partial charge < -0.3 is 30.3 Å². The Morgan fingerprint density at radius 2 is 1.75 bits per heavy atom. The first-order chi connectivity index (χ1) is 25.8. The Labute approximate surface area is 328 Å². The number of pyridine rings is 1. The molecule has 1 aromatic heterocycles. The molecule has 2 saturated carbocycles. The van der Waals surface area contributed by atoms with Crippen LogP contribution in [0.1, 0.15) is 80.6 Å². The van der Waals surface area contributed by atoms with Crippen LogP contribution >= 0.6 is 11.6 Å². The lowest BCUT2D eigenvalue weighted by Gasteiger charge is -2.36. The van der Waals surface area contributed by atoms with Crippen LogP contribution in [-0.2, 0) is 33.6 Å². The van der Waals surface area contributed by atoms with Gasteiger partial charge in [0.25, 0.3) is 5.91 Å². The van der Waals surface area contributed by atoms with Gasteiger partial charge in [0.2, 0.25) is 11.8 Å². The number of likely N-dealkylation sites (tertiary alicyclic amines) is 1. The molecular weight excluding hydrogens is 785 g/mol. The number of benzene rings is 1. The van der Waals surface area contributed by atoms with Gasteiger partial charge >= 0.3 is 22.6 Å². The molecule has 0 radical (unpaired) electrons. The van der Waals surface area contributed by atoms with E-state index in [-0.39, 0.29) is 41.5 Å². The fourth-order valence-corrected chi connectivity index (χ4v) is 7.77. The first kappa shape index (κ1) is 43.0. The molecule has 1 aliphatic heterocycles. The number of nitrogens with zero attached hydrogens (tertiary/aromatic N) is 2. The van der Waals surface area contributed by atoms with Crippen LogP contribution in [0.4, 0.5) is 23.8 Å². The van der Waals surface area contributed by atoms with Crippen LogP contribution in [0.5, 0.6) is 5.75 Å². The maximum atomic E-state index is 14.5. The molecule has 1 unspecified atom stereocenters. The van der Waals surface area contributed by atoms with Crippen LogP contribution in [0.3, 0.4) is 0 Å². The summed E-state index contributed by atoms with van der Waals surface area (Å²) in [5, 5.41) is 8.05. The molecule has 4 N–H and O–H groups in total. The number of carbonyl (C=O) groups excluding carboxylic acids is 4. The Bertz CT molecular complexity index is 1970. The van der Waals surface area contributed by atoms with E-state index in [0.29, 0.717) is 24.6 Å². The van der Waals surface area contributed by atoms with E-state index in [1.54, 1.807) is 60.6 Å². The zero-order valence-corrected chi connectivity index (χ0v) is 33.7. The number of hydrogen-bond donors (Lipinski definition) is 4. The van der Waals surface area contributed by atoms with Crippen molar-refractivity contribution < 1.29 is 54.4 Å². The molecule has 0 bridgehead atoms. The maximum Gasteiger partial charge on any atom is 0.408 e. The number of nitrogens with one attached hydrogen (secondary N) is 4.